The van der Waals surface area contributed by atoms with Gasteiger partial charge in [0.25, 0.3) is 0 Å². The van der Waals surface area contributed by atoms with Gasteiger partial charge in [-0.2, -0.15) is 0 Å². The first-order valence-electron chi connectivity index (χ1n) is 7.25. The minimum absolute atomic E-state index is 0.0155. The van der Waals surface area contributed by atoms with E-state index in [-0.39, 0.29) is 24.7 Å². The zero-order chi connectivity index (χ0) is 16.9. The first-order valence-corrected chi connectivity index (χ1v) is 7.25. The van der Waals surface area contributed by atoms with Gasteiger partial charge in [0, 0.05) is 6.54 Å². The summed E-state index contributed by atoms with van der Waals surface area (Å²) in [7, 11) is 0. The average Bonchev–Trinajstić information content (AvgIpc) is 2.52. The first kappa shape index (κ1) is 17.1. The van der Waals surface area contributed by atoms with Gasteiger partial charge in [-0.3, -0.25) is 0 Å². The van der Waals surface area contributed by atoms with Gasteiger partial charge in [-0.25, -0.2) is 0 Å². The van der Waals surface area contributed by atoms with Gasteiger partial charge >= 0.3 is 6.36 Å². The highest BCUT2D eigenvalue weighted by Crippen LogP contribution is 2.36. The molecule has 2 aromatic carbocycles. The molecule has 0 amide bonds. The molecule has 0 atom stereocenters. The zero-order valence-electron chi connectivity index (χ0n) is 12.7. The molecular formula is C17H18F3NO2. The van der Waals surface area contributed by atoms with Crippen molar-refractivity contribution in [3.8, 4) is 22.6 Å². The van der Waals surface area contributed by atoms with Gasteiger partial charge < -0.3 is 15.2 Å². The minimum atomic E-state index is -4.79. The Bertz CT molecular complexity index is 639. The Balaban J connectivity index is 2.35. The molecule has 0 aromatic heterocycles. The van der Waals surface area contributed by atoms with Crippen molar-refractivity contribution in [1.29, 1.82) is 0 Å². The molecular weight excluding hydrogens is 307 g/mol. The molecule has 0 fully saturated rings. The fourth-order valence-corrected chi connectivity index (χ4v) is 2.11. The quantitative estimate of drug-likeness (QED) is 0.867. The number of nitrogens with two attached hydrogens (primary N) is 1. The number of hydrogen-bond acceptors (Lipinski definition) is 3. The summed E-state index contributed by atoms with van der Waals surface area (Å²) in [4.78, 5) is 0. The van der Waals surface area contributed by atoms with E-state index in [1.807, 2.05) is 31.2 Å². The van der Waals surface area contributed by atoms with Gasteiger partial charge in [0.15, 0.2) is 11.5 Å². The van der Waals surface area contributed by atoms with E-state index >= 15 is 0 Å². The molecule has 0 aliphatic carbocycles. The molecule has 0 saturated heterocycles. The van der Waals surface area contributed by atoms with Crippen LogP contribution in [-0.2, 0) is 6.42 Å². The molecule has 3 nitrogen and oxygen atoms in total. The minimum Gasteiger partial charge on any atom is -0.488 e. The van der Waals surface area contributed by atoms with E-state index in [2.05, 4.69) is 4.74 Å². The van der Waals surface area contributed by atoms with Crippen LogP contribution >= 0.6 is 0 Å². The van der Waals surface area contributed by atoms with E-state index in [0.717, 1.165) is 17.5 Å². The molecule has 2 aromatic rings. The number of alkyl halides is 3. The van der Waals surface area contributed by atoms with Crippen molar-refractivity contribution >= 4 is 0 Å². The maximum Gasteiger partial charge on any atom is 0.573 e. The van der Waals surface area contributed by atoms with Crippen molar-refractivity contribution in [1.82, 2.24) is 0 Å². The Morgan fingerprint density at radius 3 is 2.17 bits per heavy atom. The van der Waals surface area contributed by atoms with Crippen LogP contribution in [0.3, 0.4) is 0 Å². The van der Waals surface area contributed by atoms with Gasteiger partial charge in [0.2, 0.25) is 0 Å². The molecule has 0 aliphatic heterocycles. The Morgan fingerprint density at radius 2 is 1.61 bits per heavy atom. The molecule has 0 radical (unpaired) electrons. The molecule has 6 heteroatoms. The number of rotatable bonds is 6. The van der Waals surface area contributed by atoms with Crippen molar-refractivity contribution in [3.63, 3.8) is 0 Å². The molecule has 23 heavy (non-hydrogen) atoms. The number of hydrogen-bond donors (Lipinski definition) is 1. The highest BCUT2D eigenvalue weighted by Gasteiger charge is 2.32. The third-order valence-electron chi connectivity index (χ3n) is 3.24. The van der Waals surface area contributed by atoms with Crippen molar-refractivity contribution in [3.05, 3.63) is 48.0 Å². The highest BCUT2D eigenvalue weighted by molar-refractivity contribution is 5.67. The van der Waals surface area contributed by atoms with E-state index < -0.39 is 6.36 Å². The second kappa shape index (κ2) is 7.37. The maximum absolute atomic E-state index is 12.6. The van der Waals surface area contributed by atoms with E-state index in [1.165, 1.54) is 12.1 Å². The van der Waals surface area contributed by atoms with Crippen LogP contribution in [-0.4, -0.2) is 19.5 Å². The van der Waals surface area contributed by atoms with E-state index in [4.69, 9.17) is 10.5 Å². The number of aryl methyl sites for hydroxylation is 1. The van der Waals surface area contributed by atoms with Crippen molar-refractivity contribution in [2.75, 3.05) is 13.2 Å². The first-order chi connectivity index (χ1) is 10.9. The number of halogens is 3. The number of benzene rings is 2. The normalized spacial score (nSPS) is 11.3. The van der Waals surface area contributed by atoms with E-state index in [9.17, 15) is 13.2 Å². The number of ether oxygens (including phenoxy) is 2. The van der Waals surface area contributed by atoms with Crippen LogP contribution in [0, 0.1) is 0 Å². The van der Waals surface area contributed by atoms with Gasteiger partial charge in [-0.1, -0.05) is 37.3 Å². The molecule has 2 rings (SSSR count). The largest absolute Gasteiger partial charge is 0.573 e. The summed E-state index contributed by atoms with van der Waals surface area (Å²) in [6.07, 6.45) is -3.89. The molecule has 0 heterocycles. The van der Waals surface area contributed by atoms with Crippen LogP contribution in [0.15, 0.2) is 42.5 Å². The fourth-order valence-electron chi connectivity index (χ4n) is 2.11. The standard InChI is InChI=1S/C17H18F3NO2/c1-2-12-3-5-13(6-4-12)14-7-8-15(22-10-9-21)16(11-14)23-17(18,19)20/h3-8,11H,2,9-10,21H2,1H3. The maximum atomic E-state index is 12.6. The summed E-state index contributed by atoms with van der Waals surface area (Å²) in [5.74, 6) is -0.357. The third kappa shape index (κ3) is 4.89. The van der Waals surface area contributed by atoms with Crippen LogP contribution in [0.5, 0.6) is 11.5 Å². The van der Waals surface area contributed by atoms with Crippen LogP contribution in [0.1, 0.15) is 12.5 Å². The molecule has 2 N–H and O–H groups in total. The van der Waals surface area contributed by atoms with Crippen LogP contribution in [0.4, 0.5) is 13.2 Å². The molecule has 0 bridgehead atoms. The predicted octanol–water partition coefficient (Wildman–Crippen LogP) is 4.15. The molecule has 0 spiro atoms. The monoisotopic (exact) mass is 325 g/mol. The average molecular weight is 325 g/mol. The summed E-state index contributed by atoms with van der Waals surface area (Å²) in [6.45, 7) is 2.35. The van der Waals surface area contributed by atoms with Gasteiger partial charge in [0.05, 0.1) is 0 Å². The highest BCUT2D eigenvalue weighted by atomic mass is 19.4. The second-order valence-corrected chi connectivity index (χ2v) is 4.90. The molecule has 0 saturated carbocycles. The van der Waals surface area contributed by atoms with Crippen LogP contribution < -0.4 is 15.2 Å². The van der Waals surface area contributed by atoms with E-state index in [1.54, 1.807) is 6.07 Å². The summed E-state index contributed by atoms with van der Waals surface area (Å²) in [5.41, 5.74) is 7.89. The summed E-state index contributed by atoms with van der Waals surface area (Å²) in [5, 5.41) is 0. The smallest absolute Gasteiger partial charge is 0.488 e. The Hall–Kier alpha value is -2.21. The Labute approximate surface area is 132 Å². The van der Waals surface area contributed by atoms with Gasteiger partial charge in [0.1, 0.15) is 6.61 Å². The van der Waals surface area contributed by atoms with Crippen LogP contribution in [0.2, 0.25) is 0 Å². The second-order valence-electron chi connectivity index (χ2n) is 4.90. The predicted molar refractivity (Wildman–Crippen MR) is 82.5 cm³/mol. The SMILES string of the molecule is CCc1ccc(-c2ccc(OCCN)c(OC(F)(F)F)c2)cc1. The van der Waals surface area contributed by atoms with Crippen molar-refractivity contribution in [2.45, 2.75) is 19.7 Å². The fraction of sp³-hybridized carbons (Fsp3) is 0.294. The lowest BCUT2D eigenvalue weighted by Gasteiger charge is -2.15. The molecule has 124 valence electrons. The summed E-state index contributed by atoms with van der Waals surface area (Å²) >= 11 is 0. The van der Waals surface area contributed by atoms with Crippen LogP contribution in [0.25, 0.3) is 11.1 Å². The zero-order valence-corrected chi connectivity index (χ0v) is 12.7. The van der Waals surface area contributed by atoms with Gasteiger partial charge in [-0.15, -0.1) is 13.2 Å². The van der Waals surface area contributed by atoms with Crippen molar-refractivity contribution in [2.24, 2.45) is 5.73 Å². The lowest BCUT2D eigenvalue weighted by molar-refractivity contribution is -0.275. The summed E-state index contributed by atoms with van der Waals surface area (Å²) in [6, 6.07) is 12.1. The lowest BCUT2D eigenvalue weighted by Crippen LogP contribution is -2.18. The van der Waals surface area contributed by atoms with E-state index in [0.29, 0.717) is 5.56 Å². The third-order valence-corrected chi connectivity index (χ3v) is 3.24. The summed E-state index contributed by atoms with van der Waals surface area (Å²) < 4.78 is 47.0. The molecule has 0 aliphatic rings. The lowest BCUT2D eigenvalue weighted by atomic mass is 10.0. The van der Waals surface area contributed by atoms with Gasteiger partial charge in [-0.05, 0) is 35.2 Å². The topological polar surface area (TPSA) is 44.5 Å². The molecule has 0 unspecified atom stereocenters. The Morgan fingerprint density at radius 1 is 0.957 bits per heavy atom. The Kier molecular flexibility index (Phi) is 5.50. The van der Waals surface area contributed by atoms with Crippen molar-refractivity contribution < 1.29 is 22.6 Å².